The zero-order valence-electron chi connectivity index (χ0n) is 4.99. The van der Waals surface area contributed by atoms with Crippen LogP contribution in [0.1, 0.15) is 20.8 Å². The number of hydroxylamine groups is 1. The fraction of sp³-hybridized carbons (Fsp3) is 1.00. The third-order valence-electron chi connectivity index (χ3n) is 1.53. The molecular weight excluding hydrogens is 90.1 g/mol. The van der Waals surface area contributed by atoms with Crippen LogP contribution in [0.3, 0.4) is 0 Å². The van der Waals surface area contributed by atoms with Gasteiger partial charge in [0.2, 0.25) is 0 Å². The van der Waals surface area contributed by atoms with Crippen molar-refractivity contribution in [1.29, 1.82) is 0 Å². The van der Waals surface area contributed by atoms with Crippen LogP contribution in [0.4, 0.5) is 0 Å². The number of nitrogens with one attached hydrogen (secondary N) is 1. The van der Waals surface area contributed by atoms with Crippen molar-refractivity contribution in [2.75, 3.05) is 0 Å². The molecule has 0 spiro atoms. The fourth-order valence-corrected chi connectivity index (χ4v) is 0.316. The highest BCUT2D eigenvalue weighted by molar-refractivity contribution is 4.80. The molecule has 0 aliphatic carbocycles. The van der Waals surface area contributed by atoms with E-state index in [-0.39, 0.29) is 5.72 Å². The van der Waals surface area contributed by atoms with Gasteiger partial charge in [-0.2, -0.15) is 5.48 Å². The highest BCUT2D eigenvalue weighted by atomic mass is 16.8. The van der Waals surface area contributed by atoms with Crippen molar-refractivity contribution in [3.8, 4) is 0 Å². The van der Waals surface area contributed by atoms with Crippen LogP contribution < -0.4 is 5.48 Å². The average Bonchev–Trinajstić information content (AvgIpc) is 2.21. The van der Waals surface area contributed by atoms with Gasteiger partial charge in [-0.3, -0.25) is 4.84 Å². The van der Waals surface area contributed by atoms with E-state index in [1.807, 2.05) is 6.92 Å². The molecule has 0 aromatic heterocycles. The first-order valence-electron chi connectivity index (χ1n) is 2.60. The van der Waals surface area contributed by atoms with Gasteiger partial charge in [-0.05, 0) is 12.8 Å². The Hall–Kier alpha value is -0.0800. The van der Waals surface area contributed by atoms with Crippen molar-refractivity contribution < 1.29 is 4.84 Å². The van der Waals surface area contributed by atoms with Crippen molar-refractivity contribution in [2.45, 2.75) is 26.5 Å². The average molecular weight is 101 g/mol. The normalized spacial score (nSPS) is 39.4. The molecule has 0 aromatic carbocycles. The summed E-state index contributed by atoms with van der Waals surface area (Å²) in [4.78, 5) is 4.91. The fourth-order valence-electron chi connectivity index (χ4n) is 0.316. The minimum absolute atomic E-state index is 0. The molecule has 1 fully saturated rings. The van der Waals surface area contributed by atoms with Crippen LogP contribution in [-0.4, -0.2) is 5.72 Å². The van der Waals surface area contributed by atoms with E-state index in [9.17, 15) is 0 Å². The number of rotatable bonds is 1. The van der Waals surface area contributed by atoms with Crippen LogP contribution in [0.5, 0.6) is 0 Å². The quantitative estimate of drug-likeness (QED) is 0.498. The lowest BCUT2D eigenvalue weighted by atomic mass is 10.1. The van der Waals surface area contributed by atoms with Crippen LogP contribution in [0.25, 0.3) is 0 Å². The molecule has 7 heavy (non-hydrogen) atoms. The topological polar surface area (TPSA) is 34.5 Å². The van der Waals surface area contributed by atoms with E-state index in [0.717, 1.165) is 0 Å². The Labute approximate surface area is 43.8 Å². The maximum absolute atomic E-state index is 4.91. The highest BCUT2D eigenvalue weighted by Crippen LogP contribution is 2.26. The predicted octanol–water partition coefficient (Wildman–Crippen LogP) is 0.893. The first kappa shape index (κ1) is 5.06. The minimum atomic E-state index is 0. The third kappa shape index (κ3) is 0.763. The lowest BCUT2D eigenvalue weighted by Gasteiger charge is -2.03. The van der Waals surface area contributed by atoms with E-state index >= 15 is 0 Å². The molecule has 1 aliphatic rings. The maximum Gasteiger partial charge on any atom is 0.161 e. The molecule has 0 saturated carbocycles. The summed E-state index contributed by atoms with van der Waals surface area (Å²) >= 11 is 0. The molecule has 1 saturated heterocycles. The molecule has 0 amide bonds. The van der Waals surface area contributed by atoms with Crippen LogP contribution in [0.15, 0.2) is 0 Å². The van der Waals surface area contributed by atoms with Gasteiger partial charge >= 0.3 is 0 Å². The summed E-state index contributed by atoms with van der Waals surface area (Å²) < 4.78 is 0. The van der Waals surface area contributed by atoms with Gasteiger partial charge < -0.3 is 0 Å². The Morgan fingerprint density at radius 2 is 2.00 bits per heavy atom. The Bertz CT molecular complexity index is 76.1. The van der Waals surface area contributed by atoms with Crippen LogP contribution >= 0.6 is 0 Å². The van der Waals surface area contributed by atoms with E-state index in [2.05, 4.69) is 19.3 Å². The van der Waals surface area contributed by atoms with Crippen molar-refractivity contribution in [1.82, 2.24) is 5.48 Å². The lowest BCUT2D eigenvalue weighted by molar-refractivity contribution is 0.254. The van der Waals surface area contributed by atoms with Crippen LogP contribution in [0, 0.1) is 5.92 Å². The van der Waals surface area contributed by atoms with E-state index in [0.29, 0.717) is 5.92 Å². The van der Waals surface area contributed by atoms with E-state index in [4.69, 9.17) is 4.84 Å². The second-order valence-electron chi connectivity index (χ2n) is 2.47. The molecule has 1 unspecified atom stereocenters. The molecule has 1 aliphatic heterocycles. The molecule has 1 atom stereocenters. The molecule has 2 nitrogen and oxygen atoms in total. The molecule has 0 aromatic rings. The lowest BCUT2D eigenvalue weighted by Crippen LogP contribution is -2.16. The molecule has 1 rings (SSSR count). The zero-order chi connectivity index (χ0) is 5.49. The van der Waals surface area contributed by atoms with Gasteiger partial charge in [0, 0.05) is 0 Å². The molecule has 42 valence electrons. The molecular formula is C5H11NO. The number of hydrogen-bond acceptors (Lipinski definition) is 2. The van der Waals surface area contributed by atoms with Crippen molar-refractivity contribution in [3.05, 3.63) is 0 Å². The molecule has 0 bridgehead atoms. The first-order chi connectivity index (χ1) is 3.15. The van der Waals surface area contributed by atoms with Gasteiger partial charge in [-0.15, -0.1) is 0 Å². The second kappa shape index (κ2) is 1.20. The molecule has 2 heteroatoms. The number of hydrogen-bond donors (Lipinski definition) is 1. The van der Waals surface area contributed by atoms with Crippen molar-refractivity contribution in [3.63, 3.8) is 0 Å². The van der Waals surface area contributed by atoms with Crippen LogP contribution in [0.2, 0.25) is 0 Å². The van der Waals surface area contributed by atoms with Gasteiger partial charge in [0.1, 0.15) is 0 Å². The summed E-state index contributed by atoms with van der Waals surface area (Å²) in [7, 11) is 0. The Morgan fingerprint density at radius 1 is 1.57 bits per heavy atom. The monoisotopic (exact) mass is 101 g/mol. The minimum Gasteiger partial charge on any atom is -0.275 e. The van der Waals surface area contributed by atoms with Gasteiger partial charge in [-0.1, -0.05) is 13.8 Å². The third-order valence-corrected chi connectivity index (χ3v) is 1.53. The van der Waals surface area contributed by atoms with E-state index in [1.54, 1.807) is 0 Å². The van der Waals surface area contributed by atoms with Crippen molar-refractivity contribution >= 4 is 0 Å². The zero-order valence-corrected chi connectivity index (χ0v) is 4.99. The Balaban J connectivity index is 2.39. The van der Waals surface area contributed by atoms with E-state index in [1.165, 1.54) is 0 Å². The molecule has 1 heterocycles. The SMILES string of the molecule is CC(C)C1(C)NO1. The summed E-state index contributed by atoms with van der Waals surface area (Å²) in [5, 5.41) is 0. The van der Waals surface area contributed by atoms with Crippen LogP contribution in [-0.2, 0) is 4.84 Å². The Morgan fingerprint density at radius 3 is 2.00 bits per heavy atom. The molecule has 1 N–H and O–H groups in total. The van der Waals surface area contributed by atoms with Gasteiger partial charge in [0.15, 0.2) is 5.72 Å². The first-order valence-corrected chi connectivity index (χ1v) is 2.60. The highest BCUT2D eigenvalue weighted by Gasteiger charge is 2.42. The summed E-state index contributed by atoms with van der Waals surface area (Å²) in [6.45, 7) is 6.29. The Kier molecular flexibility index (Phi) is 0.869. The van der Waals surface area contributed by atoms with Gasteiger partial charge in [-0.25, -0.2) is 0 Å². The largest absolute Gasteiger partial charge is 0.275 e. The predicted molar refractivity (Wildman–Crippen MR) is 27.5 cm³/mol. The summed E-state index contributed by atoms with van der Waals surface area (Å²) in [5.74, 6) is 0.576. The summed E-state index contributed by atoms with van der Waals surface area (Å²) in [5.41, 5.74) is 2.81. The van der Waals surface area contributed by atoms with Gasteiger partial charge in [0.25, 0.3) is 0 Å². The van der Waals surface area contributed by atoms with Crippen molar-refractivity contribution in [2.24, 2.45) is 5.92 Å². The second-order valence-corrected chi connectivity index (χ2v) is 2.47. The van der Waals surface area contributed by atoms with Gasteiger partial charge in [0.05, 0.1) is 0 Å². The summed E-state index contributed by atoms with van der Waals surface area (Å²) in [6.07, 6.45) is 0. The smallest absolute Gasteiger partial charge is 0.161 e. The standard InChI is InChI=1S/C5H11NO/c1-4(2)5(3)6-7-5/h4,6H,1-3H3. The summed E-state index contributed by atoms with van der Waals surface area (Å²) in [6, 6.07) is 0. The maximum atomic E-state index is 4.91. The molecule has 0 radical (unpaired) electrons. The van der Waals surface area contributed by atoms with E-state index < -0.39 is 0 Å².